The Bertz CT molecular complexity index is 834. The summed E-state index contributed by atoms with van der Waals surface area (Å²) in [5.74, 6) is 1.98. The molecule has 0 aromatic heterocycles. The summed E-state index contributed by atoms with van der Waals surface area (Å²) in [7, 11) is -2.91. The molecule has 0 spiro atoms. The van der Waals surface area contributed by atoms with Crippen molar-refractivity contribution in [1.82, 2.24) is 0 Å². The van der Waals surface area contributed by atoms with Gasteiger partial charge in [0.05, 0.1) is 5.30 Å². The molecule has 0 amide bonds. The Balaban J connectivity index is 1.89. The van der Waals surface area contributed by atoms with Crippen LogP contribution in [0.4, 0.5) is 0 Å². The maximum Gasteiger partial charge on any atom is 0.277 e. The van der Waals surface area contributed by atoms with Crippen molar-refractivity contribution in [2.24, 2.45) is 17.3 Å². The summed E-state index contributed by atoms with van der Waals surface area (Å²) in [6.45, 7) is 11.5. The second kappa shape index (κ2) is 7.84. The zero-order valence-corrected chi connectivity index (χ0v) is 18.3. The van der Waals surface area contributed by atoms with Gasteiger partial charge < -0.3 is 4.52 Å². The standard InChI is InChI=1S/C24H33O2P/c1-6-18(2)17-19(24(3,4)5)15-16-27(25)23-14-10-8-12-21(23)20-11-7-9-13-22(20)26-27/h7-14,18-19H,6,15-17H2,1-5H3. The van der Waals surface area contributed by atoms with E-state index in [9.17, 15) is 4.57 Å². The number of rotatable bonds is 6. The highest BCUT2D eigenvalue weighted by Gasteiger charge is 2.37. The van der Waals surface area contributed by atoms with Gasteiger partial charge in [-0.25, -0.2) is 0 Å². The summed E-state index contributed by atoms with van der Waals surface area (Å²) in [5.41, 5.74) is 2.32. The van der Waals surface area contributed by atoms with E-state index < -0.39 is 7.37 Å². The van der Waals surface area contributed by atoms with E-state index in [2.05, 4.69) is 46.8 Å². The molecule has 3 rings (SSSR count). The fourth-order valence-corrected chi connectivity index (χ4v) is 6.46. The maximum absolute atomic E-state index is 14.0. The van der Waals surface area contributed by atoms with Crippen molar-refractivity contribution in [1.29, 1.82) is 0 Å². The van der Waals surface area contributed by atoms with Gasteiger partial charge in [-0.05, 0) is 47.8 Å². The molecular weight excluding hydrogens is 351 g/mol. The average Bonchev–Trinajstić information content (AvgIpc) is 2.64. The average molecular weight is 385 g/mol. The van der Waals surface area contributed by atoms with Gasteiger partial charge in [0, 0.05) is 11.7 Å². The predicted octanol–water partition coefficient (Wildman–Crippen LogP) is 7.14. The summed E-state index contributed by atoms with van der Waals surface area (Å²) in [4.78, 5) is 0. The molecule has 0 radical (unpaired) electrons. The van der Waals surface area contributed by atoms with E-state index in [-0.39, 0.29) is 5.41 Å². The van der Waals surface area contributed by atoms with Crippen molar-refractivity contribution in [3.05, 3.63) is 48.5 Å². The maximum atomic E-state index is 14.0. The number of para-hydroxylation sites is 1. The topological polar surface area (TPSA) is 26.3 Å². The molecule has 0 aliphatic carbocycles. The van der Waals surface area contributed by atoms with Crippen LogP contribution in [-0.4, -0.2) is 6.16 Å². The molecule has 2 nitrogen and oxygen atoms in total. The van der Waals surface area contributed by atoms with E-state index in [0.29, 0.717) is 18.0 Å². The van der Waals surface area contributed by atoms with Crippen molar-refractivity contribution < 1.29 is 9.09 Å². The van der Waals surface area contributed by atoms with Crippen LogP contribution in [0.25, 0.3) is 11.1 Å². The molecule has 1 aliphatic heterocycles. The van der Waals surface area contributed by atoms with E-state index >= 15 is 0 Å². The molecule has 3 heteroatoms. The molecule has 2 aromatic carbocycles. The van der Waals surface area contributed by atoms with Crippen molar-refractivity contribution in [2.75, 3.05) is 6.16 Å². The summed E-state index contributed by atoms with van der Waals surface area (Å²) in [5, 5.41) is 0.889. The van der Waals surface area contributed by atoms with Gasteiger partial charge in [-0.15, -0.1) is 0 Å². The lowest BCUT2D eigenvalue weighted by molar-refractivity contribution is 0.192. The fraction of sp³-hybridized carbons (Fsp3) is 0.500. The second-order valence-electron chi connectivity index (χ2n) is 9.10. The van der Waals surface area contributed by atoms with Gasteiger partial charge in [0.1, 0.15) is 5.75 Å². The van der Waals surface area contributed by atoms with E-state index in [4.69, 9.17) is 4.52 Å². The molecule has 0 saturated carbocycles. The largest absolute Gasteiger partial charge is 0.439 e. The minimum absolute atomic E-state index is 0.204. The third-order valence-electron chi connectivity index (χ3n) is 6.07. The smallest absolute Gasteiger partial charge is 0.277 e. The normalized spacial score (nSPS) is 20.9. The Labute approximate surface area is 164 Å². The summed E-state index contributed by atoms with van der Waals surface area (Å²) in [6, 6.07) is 16.0. The molecule has 3 unspecified atom stereocenters. The fourth-order valence-electron chi connectivity index (χ4n) is 4.02. The molecule has 1 aliphatic rings. The van der Waals surface area contributed by atoms with Gasteiger partial charge in [-0.3, -0.25) is 4.57 Å². The quantitative estimate of drug-likeness (QED) is 0.495. The van der Waals surface area contributed by atoms with Gasteiger partial charge in [-0.1, -0.05) is 77.4 Å². The van der Waals surface area contributed by atoms with Gasteiger partial charge in [0.15, 0.2) is 0 Å². The molecular formula is C24H33O2P. The zero-order chi connectivity index (χ0) is 19.7. The van der Waals surface area contributed by atoms with Gasteiger partial charge >= 0.3 is 0 Å². The van der Waals surface area contributed by atoms with Crippen molar-refractivity contribution in [3.8, 4) is 16.9 Å². The third kappa shape index (κ3) is 4.32. The molecule has 0 fully saturated rings. The Morgan fingerprint density at radius 1 is 1.00 bits per heavy atom. The molecule has 3 atom stereocenters. The van der Waals surface area contributed by atoms with Crippen LogP contribution in [0.1, 0.15) is 53.9 Å². The number of fused-ring (bicyclic) bond motifs is 3. The SMILES string of the molecule is CCC(C)CC(CCP1(=O)Oc2ccccc2-c2ccccc21)C(C)(C)C. The highest BCUT2D eigenvalue weighted by molar-refractivity contribution is 7.67. The Morgan fingerprint density at radius 2 is 1.63 bits per heavy atom. The molecule has 2 aromatic rings. The number of hydrogen-bond acceptors (Lipinski definition) is 2. The van der Waals surface area contributed by atoms with Crippen LogP contribution >= 0.6 is 7.37 Å². The first-order valence-electron chi connectivity index (χ1n) is 10.2. The lowest BCUT2D eigenvalue weighted by Crippen LogP contribution is -2.26. The Kier molecular flexibility index (Phi) is 5.87. The van der Waals surface area contributed by atoms with Crippen LogP contribution in [0.2, 0.25) is 0 Å². The highest BCUT2D eigenvalue weighted by Crippen LogP contribution is 2.55. The molecule has 1 heterocycles. The van der Waals surface area contributed by atoms with Gasteiger partial charge in [0.2, 0.25) is 0 Å². The molecule has 146 valence electrons. The van der Waals surface area contributed by atoms with Gasteiger partial charge in [-0.2, -0.15) is 0 Å². The Hall–Kier alpha value is -1.53. The minimum Gasteiger partial charge on any atom is -0.439 e. The summed E-state index contributed by atoms with van der Waals surface area (Å²) < 4.78 is 20.2. The molecule has 0 N–H and O–H groups in total. The van der Waals surface area contributed by atoms with Crippen LogP contribution in [0.3, 0.4) is 0 Å². The number of hydrogen-bond donors (Lipinski definition) is 0. The van der Waals surface area contributed by atoms with E-state index in [1.54, 1.807) is 0 Å². The molecule has 0 bridgehead atoms. The summed E-state index contributed by atoms with van der Waals surface area (Å²) >= 11 is 0. The van der Waals surface area contributed by atoms with E-state index in [0.717, 1.165) is 28.6 Å². The first-order valence-corrected chi connectivity index (χ1v) is 12.0. The summed E-state index contributed by atoms with van der Waals surface area (Å²) in [6.07, 6.45) is 3.91. The lowest BCUT2D eigenvalue weighted by atomic mass is 9.74. The van der Waals surface area contributed by atoms with Crippen LogP contribution in [-0.2, 0) is 4.57 Å². The molecule has 27 heavy (non-hydrogen) atoms. The van der Waals surface area contributed by atoms with Crippen LogP contribution in [0, 0.1) is 17.3 Å². The monoisotopic (exact) mass is 384 g/mol. The van der Waals surface area contributed by atoms with Crippen molar-refractivity contribution in [2.45, 2.75) is 53.9 Å². The van der Waals surface area contributed by atoms with Crippen LogP contribution < -0.4 is 9.83 Å². The Morgan fingerprint density at radius 3 is 2.30 bits per heavy atom. The first kappa shape index (κ1) is 20.2. The minimum atomic E-state index is -2.91. The zero-order valence-electron chi connectivity index (χ0n) is 17.4. The van der Waals surface area contributed by atoms with Crippen LogP contribution in [0.15, 0.2) is 48.5 Å². The van der Waals surface area contributed by atoms with E-state index in [1.165, 1.54) is 12.8 Å². The third-order valence-corrected chi connectivity index (χ3v) is 8.54. The molecule has 0 saturated heterocycles. The first-order chi connectivity index (χ1) is 12.7. The predicted molar refractivity (Wildman–Crippen MR) is 116 cm³/mol. The van der Waals surface area contributed by atoms with Crippen molar-refractivity contribution in [3.63, 3.8) is 0 Å². The number of benzene rings is 2. The van der Waals surface area contributed by atoms with Gasteiger partial charge in [0.25, 0.3) is 7.37 Å². The van der Waals surface area contributed by atoms with Crippen LogP contribution in [0.5, 0.6) is 5.75 Å². The highest BCUT2D eigenvalue weighted by atomic mass is 31.2. The second-order valence-corrected chi connectivity index (χ2v) is 11.6. The van der Waals surface area contributed by atoms with Crippen molar-refractivity contribution >= 4 is 12.7 Å². The lowest BCUT2D eigenvalue weighted by Gasteiger charge is -2.35. The van der Waals surface area contributed by atoms with E-state index in [1.807, 2.05) is 36.4 Å².